The molecule has 6 heteroatoms. The average molecular weight is 296 g/mol. The normalized spacial score (nSPS) is 10.4. The first-order valence-corrected chi connectivity index (χ1v) is 6.70. The van der Waals surface area contributed by atoms with E-state index in [4.69, 9.17) is 0 Å². The molecule has 3 aromatic rings. The summed E-state index contributed by atoms with van der Waals surface area (Å²) in [4.78, 5) is 16.1. The summed E-state index contributed by atoms with van der Waals surface area (Å²) < 4.78 is 12.8. The van der Waals surface area contributed by atoms with E-state index in [0.717, 1.165) is 16.7 Å². The van der Waals surface area contributed by atoms with Crippen LogP contribution >= 0.6 is 0 Å². The second-order valence-electron chi connectivity index (χ2n) is 4.77. The third-order valence-corrected chi connectivity index (χ3v) is 3.14. The van der Waals surface area contributed by atoms with Crippen LogP contribution in [0.15, 0.2) is 55.0 Å². The molecular weight excluding hydrogens is 283 g/mol. The summed E-state index contributed by atoms with van der Waals surface area (Å²) >= 11 is 0. The fourth-order valence-corrected chi connectivity index (χ4v) is 2.06. The molecule has 1 aromatic carbocycles. The molecule has 1 amide bonds. The van der Waals surface area contributed by atoms with Crippen molar-refractivity contribution in [1.82, 2.24) is 15.2 Å². The van der Waals surface area contributed by atoms with Gasteiger partial charge in [-0.3, -0.25) is 9.89 Å². The lowest BCUT2D eigenvalue weighted by atomic mass is 10.1. The largest absolute Gasteiger partial charge is 0.310 e. The second-order valence-corrected chi connectivity index (χ2v) is 4.77. The Morgan fingerprint density at radius 2 is 2.00 bits per heavy atom. The number of anilines is 1. The highest BCUT2D eigenvalue weighted by Crippen LogP contribution is 2.19. The number of pyridine rings is 1. The van der Waals surface area contributed by atoms with E-state index in [2.05, 4.69) is 20.5 Å². The number of amides is 1. The Bertz CT molecular complexity index is 769. The number of nitrogens with one attached hydrogen (secondary N) is 2. The van der Waals surface area contributed by atoms with E-state index in [9.17, 15) is 9.18 Å². The summed E-state index contributed by atoms with van der Waals surface area (Å²) in [6, 6.07) is 9.45. The van der Waals surface area contributed by atoms with Crippen LogP contribution in [0.3, 0.4) is 0 Å². The van der Waals surface area contributed by atoms with Gasteiger partial charge in [0.15, 0.2) is 0 Å². The summed E-state index contributed by atoms with van der Waals surface area (Å²) in [5.74, 6) is -0.0621. The molecule has 0 aliphatic heterocycles. The van der Waals surface area contributed by atoms with Crippen molar-refractivity contribution < 1.29 is 9.18 Å². The van der Waals surface area contributed by atoms with Crippen LogP contribution in [0.2, 0.25) is 0 Å². The molecular formula is C16H13FN4O. The number of aromatic nitrogens is 3. The zero-order valence-electron chi connectivity index (χ0n) is 11.6. The van der Waals surface area contributed by atoms with Crippen LogP contribution in [0.4, 0.5) is 10.2 Å². The smallest absolute Gasteiger partial charge is 0.229 e. The van der Waals surface area contributed by atoms with Gasteiger partial charge < -0.3 is 5.32 Å². The molecule has 0 bridgehead atoms. The predicted octanol–water partition coefficient (Wildman–Crippen LogP) is 2.79. The van der Waals surface area contributed by atoms with Gasteiger partial charge in [0.2, 0.25) is 5.91 Å². The molecule has 0 atom stereocenters. The average Bonchev–Trinajstić information content (AvgIpc) is 3.04. The van der Waals surface area contributed by atoms with Crippen molar-refractivity contribution in [3.05, 3.63) is 66.4 Å². The lowest BCUT2D eigenvalue weighted by Gasteiger charge is -2.06. The van der Waals surface area contributed by atoms with Crippen molar-refractivity contribution in [2.45, 2.75) is 6.42 Å². The molecule has 0 saturated carbocycles. The molecule has 0 radical (unpaired) electrons. The Kier molecular flexibility index (Phi) is 3.91. The molecule has 0 fully saturated rings. The van der Waals surface area contributed by atoms with Crippen LogP contribution in [0.25, 0.3) is 11.1 Å². The fourth-order valence-electron chi connectivity index (χ4n) is 2.06. The van der Waals surface area contributed by atoms with Gasteiger partial charge in [0.1, 0.15) is 11.6 Å². The molecule has 0 aliphatic carbocycles. The van der Waals surface area contributed by atoms with Crippen molar-refractivity contribution >= 4 is 11.7 Å². The van der Waals surface area contributed by atoms with Gasteiger partial charge in [0.25, 0.3) is 0 Å². The fraction of sp³-hybridized carbons (Fsp3) is 0.0625. The van der Waals surface area contributed by atoms with E-state index >= 15 is 0 Å². The second kappa shape index (κ2) is 6.17. The Morgan fingerprint density at radius 1 is 1.18 bits per heavy atom. The van der Waals surface area contributed by atoms with Gasteiger partial charge in [0.05, 0.1) is 12.6 Å². The zero-order valence-corrected chi connectivity index (χ0v) is 11.6. The number of benzene rings is 1. The van der Waals surface area contributed by atoms with E-state index < -0.39 is 0 Å². The molecule has 0 saturated heterocycles. The van der Waals surface area contributed by atoms with E-state index in [-0.39, 0.29) is 18.1 Å². The predicted molar refractivity (Wildman–Crippen MR) is 80.6 cm³/mol. The highest BCUT2D eigenvalue weighted by atomic mass is 19.1. The summed E-state index contributed by atoms with van der Waals surface area (Å²) in [5.41, 5.74) is 2.56. The summed E-state index contributed by atoms with van der Waals surface area (Å²) in [7, 11) is 0. The SMILES string of the molecule is O=C(Cc1ccc(F)cc1)Nc1cc(-c2cn[nH]c2)ccn1. The number of H-pyrrole nitrogens is 1. The van der Waals surface area contributed by atoms with Crippen LogP contribution in [0.1, 0.15) is 5.56 Å². The first-order valence-electron chi connectivity index (χ1n) is 6.70. The number of aromatic amines is 1. The van der Waals surface area contributed by atoms with Crippen molar-refractivity contribution in [1.29, 1.82) is 0 Å². The van der Waals surface area contributed by atoms with E-state index in [1.807, 2.05) is 6.07 Å². The Morgan fingerprint density at radius 3 is 2.73 bits per heavy atom. The highest BCUT2D eigenvalue weighted by Gasteiger charge is 2.07. The van der Waals surface area contributed by atoms with Gasteiger partial charge in [-0.05, 0) is 35.4 Å². The first kappa shape index (κ1) is 13.9. The number of hydrogen-bond donors (Lipinski definition) is 2. The lowest BCUT2D eigenvalue weighted by molar-refractivity contribution is -0.115. The Balaban J connectivity index is 1.69. The monoisotopic (exact) mass is 296 g/mol. The molecule has 2 N–H and O–H groups in total. The van der Waals surface area contributed by atoms with Crippen LogP contribution in [-0.4, -0.2) is 21.1 Å². The number of nitrogens with zero attached hydrogens (tertiary/aromatic N) is 2. The maximum Gasteiger partial charge on any atom is 0.229 e. The number of carbonyl (C=O) groups excluding carboxylic acids is 1. The minimum atomic E-state index is -0.321. The molecule has 2 heterocycles. The van der Waals surface area contributed by atoms with Gasteiger partial charge in [0, 0.05) is 18.0 Å². The third kappa shape index (κ3) is 3.35. The molecule has 0 spiro atoms. The molecule has 5 nitrogen and oxygen atoms in total. The topological polar surface area (TPSA) is 70.7 Å². The molecule has 2 aromatic heterocycles. The number of hydrogen-bond acceptors (Lipinski definition) is 3. The summed E-state index contributed by atoms with van der Waals surface area (Å²) in [6.45, 7) is 0. The van der Waals surface area contributed by atoms with E-state index in [0.29, 0.717) is 5.82 Å². The zero-order chi connectivity index (χ0) is 15.4. The van der Waals surface area contributed by atoms with Crippen LogP contribution in [0, 0.1) is 5.82 Å². The standard InChI is InChI=1S/C16H13FN4O/c17-14-3-1-11(2-4-14)7-16(22)21-15-8-12(5-6-18-15)13-9-19-20-10-13/h1-6,8-10H,7H2,(H,19,20)(H,18,21,22). The maximum absolute atomic E-state index is 12.8. The van der Waals surface area contributed by atoms with Crippen molar-refractivity contribution in [3.63, 3.8) is 0 Å². The van der Waals surface area contributed by atoms with E-state index in [1.165, 1.54) is 12.1 Å². The Hall–Kier alpha value is -3.02. The van der Waals surface area contributed by atoms with Gasteiger partial charge in [-0.15, -0.1) is 0 Å². The number of rotatable bonds is 4. The minimum Gasteiger partial charge on any atom is -0.310 e. The summed E-state index contributed by atoms with van der Waals surface area (Å²) in [6.07, 6.45) is 5.24. The highest BCUT2D eigenvalue weighted by molar-refractivity contribution is 5.91. The van der Waals surface area contributed by atoms with Gasteiger partial charge in [-0.1, -0.05) is 12.1 Å². The van der Waals surface area contributed by atoms with Crippen molar-refractivity contribution in [2.24, 2.45) is 0 Å². The van der Waals surface area contributed by atoms with Crippen LogP contribution in [-0.2, 0) is 11.2 Å². The molecule has 0 unspecified atom stereocenters. The summed E-state index contributed by atoms with van der Waals surface area (Å²) in [5, 5.41) is 9.36. The minimum absolute atomic E-state index is 0.165. The van der Waals surface area contributed by atoms with Crippen molar-refractivity contribution in [2.75, 3.05) is 5.32 Å². The molecule has 22 heavy (non-hydrogen) atoms. The quantitative estimate of drug-likeness (QED) is 0.777. The van der Waals surface area contributed by atoms with Gasteiger partial charge in [-0.25, -0.2) is 9.37 Å². The third-order valence-electron chi connectivity index (χ3n) is 3.14. The molecule has 0 aliphatic rings. The maximum atomic E-state index is 12.8. The van der Waals surface area contributed by atoms with E-state index in [1.54, 1.807) is 36.8 Å². The first-order chi connectivity index (χ1) is 10.7. The Labute approximate surface area is 126 Å². The lowest BCUT2D eigenvalue weighted by Crippen LogP contribution is -2.15. The van der Waals surface area contributed by atoms with Gasteiger partial charge >= 0.3 is 0 Å². The van der Waals surface area contributed by atoms with Crippen LogP contribution in [0.5, 0.6) is 0 Å². The van der Waals surface area contributed by atoms with Crippen molar-refractivity contribution in [3.8, 4) is 11.1 Å². The molecule has 110 valence electrons. The van der Waals surface area contributed by atoms with Crippen LogP contribution < -0.4 is 5.32 Å². The molecule has 3 rings (SSSR count). The number of carbonyl (C=O) groups is 1. The van der Waals surface area contributed by atoms with Gasteiger partial charge in [-0.2, -0.15) is 5.10 Å². The number of halogens is 1.